The molecule has 594 valence electrons. The van der Waals surface area contributed by atoms with Gasteiger partial charge in [-0.25, -0.2) is 9.13 Å². The first-order valence-electron chi connectivity index (χ1n) is 40.1. The number of hydrogen-bond acceptors (Lipinski definition) is 15. The molecule has 0 saturated heterocycles. The summed E-state index contributed by atoms with van der Waals surface area (Å²) in [5.41, 5.74) is 0. The molecule has 5 unspecified atom stereocenters. The summed E-state index contributed by atoms with van der Waals surface area (Å²) in [5, 5.41) is 10.6. The molecule has 0 amide bonds. The maximum absolute atomic E-state index is 13.1. The second-order valence-electron chi connectivity index (χ2n) is 26.2. The number of allylic oxidation sites excluding steroid dienone is 24. The average Bonchev–Trinajstić information content (AvgIpc) is 0.911. The lowest BCUT2D eigenvalue weighted by molar-refractivity contribution is -0.161. The minimum Gasteiger partial charge on any atom is -0.462 e. The van der Waals surface area contributed by atoms with E-state index in [-0.39, 0.29) is 25.7 Å². The lowest BCUT2D eigenvalue weighted by Gasteiger charge is -2.21. The molecule has 0 rings (SSSR count). The molecule has 0 aliphatic heterocycles. The summed E-state index contributed by atoms with van der Waals surface area (Å²) in [6.45, 7) is 4.49. The molecule has 0 heterocycles. The molecule has 3 N–H and O–H groups in total. The predicted octanol–water partition coefficient (Wildman–Crippen LogP) is 23.4. The van der Waals surface area contributed by atoms with Crippen LogP contribution in [0, 0.1) is 0 Å². The van der Waals surface area contributed by atoms with Crippen molar-refractivity contribution in [2.24, 2.45) is 0 Å². The summed E-state index contributed by atoms with van der Waals surface area (Å²) in [6.07, 6.45) is 86.8. The molecule has 0 aliphatic rings. The lowest BCUT2D eigenvalue weighted by atomic mass is 10.1. The Kier molecular flexibility index (Phi) is 72.4. The first-order chi connectivity index (χ1) is 50.7. The highest BCUT2D eigenvalue weighted by Crippen LogP contribution is 2.45. The quantitative estimate of drug-likeness (QED) is 0.0169. The maximum atomic E-state index is 13.1. The fourth-order valence-corrected chi connectivity index (χ4v) is 11.8. The van der Waals surface area contributed by atoms with Crippen LogP contribution in [-0.4, -0.2) is 96.7 Å². The molecular formula is C85H142O17P2. The lowest BCUT2D eigenvalue weighted by Crippen LogP contribution is -2.30. The number of ether oxygens (including phenoxy) is 4. The molecule has 17 nitrogen and oxygen atoms in total. The third kappa shape index (κ3) is 75.2. The maximum Gasteiger partial charge on any atom is 0.472 e. The normalized spacial score (nSPS) is 14.6. The molecule has 0 aliphatic carbocycles. The van der Waals surface area contributed by atoms with E-state index in [1.165, 1.54) is 38.5 Å². The number of carbonyl (C=O) groups excluding carboxylic acids is 4. The van der Waals surface area contributed by atoms with Crippen LogP contribution in [0.3, 0.4) is 0 Å². The van der Waals surface area contributed by atoms with E-state index in [1.54, 1.807) is 0 Å². The van der Waals surface area contributed by atoms with Gasteiger partial charge in [0.1, 0.15) is 19.3 Å². The van der Waals surface area contributed by atoms with Crippen molar-refractivity contribution in [3.63, 3.8) is 0 Å². The molecule has 0 bridgehead atoms. The minimum atomic E-state index is -4.99. The minimum absolute atomic E-state index is 0.0684. The van der Waals surface area contributed by atoms with Crippen LogP contribution in [0.2, 0.25) is 0 Å². The Bertz CT molecular complexity index is 2540. The van der Waals surface area contributed by atoms with Crippen molar-refractivity contribution in [2.45, 2.75) is 329 Å². The van der Waals surface area contributed by atoms with Crippen molar-refractivity contribution in [2.75, 3.05) is 39.6 Å². The first-order valence-corrected chi connectivity index (χ1v) is 43.1. The van der Waals surface area contributed by atoms with Gasteiger partial charge in [-0.3, -0.25) is 37.3 Å². The smallest absolute Gasteiger partial charge is 0.462 e. The number of aliphatic hydroxyl groups excluding tert-OH is 1. The second-order valence-corrected chi connectivity index (χ2v) is 29.1. The summed E-state index contributed by atoms with van der Waals surface area (Å²) >= 11 is 0. The fraction of sp³-hybridized carbons (Fsp3) is 0.671. The van der Waals surface area contributed by atoms with Gasteiger partial charge in [0.05, 0.1) is 26.4 Å². The number of esters is 4. The highest BCUT2D eigenvalue weighted by Gasteiger charge is 2.30. The summed E-state index contributed by atoms with van der Waals surface area (Å²) < 4.78 is 68.6. The summed E-state index contributed by atoms with van der Waals surface area (Å²) in [4.78, 5) is 73.0. The average molecular weight is 1500 g/mol. The number of hydrogen-bond donors (Lipinski definition) is 3. The van der Waals surface area contributed by atoms with Crippen molar-refractivity contribution in [3.05, 3.63) is 146 Å². The monoisotopic (exact) mass is 1500 g/mol. The van der Waals surface area contributed by atoms with Crippen LogP contribution in [0.5, 0.6) is 0 Å². The Morgan fingerprint density at radius 2 is 0.519 bits per heavy atom. The molecule has 0 aromatic carbocycles. The van der Waals surface area contributed by atoms with Gasteiger partial charge in [0, 0.05) is 25.7 Å². The molecule has 0 fully saturated rings. The zero-order chi connectivity index (χ0) is 76.0. The number of phosphoric acid groups is 2. The largest absolute Gasteiger partial charge is 0.472 e. The van der Waals surface area contributed by atoms with E-state index < -0.39 is 97.5 Å². The van der Waals surface area contributed by atoms with Crippen molar-refractivity contribution < 1.29 is 80.2 Å². The topological polar surface area (TPSA) is 237 Å². The third-order valence-electron chi connectivity index (χ3n) is 16.2. The van der Waals surface area contributed by atoms with Gasteiger partial charge in [0.25, 0.3) is 0 Å². The molecule has 104 heavy (non-hydrogen) atoms. The highest BCUT2D eigenvalue weighted by atomic mass is 31.2. The summed E-state index contributed by atoms with van der Waals surface area (Å²) in [5.74, 6) is -2.27. The number of phosphoric ester groups is 2. The van der Waals surface area contributed by atoms with Crippen LogP contribution in [0.15, 0.2) is 146 Å². The van der Waals surface area contributed by atoms with Crippen molar-refractivity contribution in [1.29, 1.82) is 0 Å². The SMILES string of the molecule is CC/C=C\C/C=C\C/C=C\C/C=C\C/C=C\CCCCCC(=O)OCC(COP(=O)(O)OCC(O)COP(=O)(O)OCC(COC(=O)CCCCCC/C=C\C/C=C\C/C=C\C/C=C\CC)OC(=O)CCCCCCC/C=C\C/C=C\CCC)OC(=O)CCCCCCC/C=C\CCCCCCCC. The molecule has 0 aromatic heterocycles. The van der Waals surface area contributed by atoms with Crippen molar-refractivity contribution >= 4 is 39.5 Å². The van der Waals surface area contributed by atoms with E-state index in [0.717, 1.165) is 193 Å². The van der Waals surface area contributed by atoms with Gasteiger partial charge in [-0.2, -0.15) is 0 Å². The number of aliphatic hydroxyl groups is 1. The van der Waals surface area contributed by atoms with E-state index in [9.17, 15) is 43.2 Å². The van der Waals surface area contributed by atoms with E-state index in [2.05, 4.69) is 174 Å². The molecule has 19 heteroatoms. The fourth-order valence-electron chi connectivity index (χ4n) is 10.2. The second kappa shape index (κ2) is 76.1. The Balaban J connectivity index is 5.42. The predicted molar refractivity (Wildman–Crippen MR) is 427 cm³/mol. The molecule has 0 aromatic rings. The van der Waals surface area contributed by atoms with Gasteiger partial charge < -0.3 is 33.8 Å². The van der Waals surface area contributed by atoms with Crippen LogP contribution >= 0.6 is 15.6 Å². The van der Waals surface area contributed by atoms with Crippen LogP contribution in [0.1, 0.15) is 310 Å². The molecule has 0 spiro atoms. The molecular weight excluding hydrogens is 1350 g/mol. The molecule has 0 saturated carbocycles. The van der Waals surface area contributed by atoms with Gasteiger partial charge >= 0.3 is 39.5 Å². The Hall–Kier alpha value is -5.06. The highest BCUT2D eigenvalue weighted by molar-refractivity contribution is 7.47. The number of unbranched alkanes of at least 4 members (excludes halogenated alkanes) is 24. The number of carbonyl (C=O) groups is 4. The van der Waals surface area contributed by atoms with E-state index in [4.69, 9.17) is 37.0 Å². The van der Waals surface area contributed by atoms with Crippen LogP contribution < -0.4 is 0 Å². The van der Waals surface area contributed by atoms with E-state index in [1.807, 2.05) is 0 Å². The van der Waals surface area contributed by atoms with Gasteiger partial charge in [0.2, 0.25) is 0 Å². The van der Waals surface area contributed by atoms with Crippen molar-refractivity contribution in [1.82, 2.24) is 0 Å². The molecule has 0 radical (unpaired) electrons. The first kappa shape index (κ1) is 98.9. The Morgan fingerprint density at radius 3 is 0.827 bits per heavy atom. The third-order valence-corrected chi connectivity index (χ3v) is 18.2. The van der Waals surface area contributed by atoms with Crippen LogP contribution in [0.4, 0.5) is 0 Å². The van der Waals surface area contributed by atoms with E-state index in [0.29, 0.717) is 25.7 Å². The zero-order valence-corrected chi connectivity index (χ0v) is 66.7. The van der Waals surface area contributed by atoms with Gasteiger partial charge in [-0.1, -0.05) is 270 Å². The van der Waals surface area contributed by atoms with Gasteiger partial charge in [-0.15, -0.1) is 0 Å². The van der Waals surface area contributed by atoms with Gasteiger partial charge in [0.15, 0.2) is 12.2 Å². The van der Waals surface area contributed by atoms with Crippen LogP contribution in [0.25, 0.3) is 0 Å². The van der Waals surface area contributed by atoms with Crippen LogP contribution in [-0.2, 0) is 65.4 Å². The zero-order valence-electron chi connectivity index (χ0n) is 64.9. The van der Waals surface area contributed by atoms with Crippen molar-refractivity contribution in [3.8, 4) is 0 Å². The Morgan fingerprint density at radius 1 is 0.279 bits per heavy atom. The number of rotatable bonds is 74. The molecule has 5 atom stereocenters. The summed E-state index contributed by atoms with van der Waals surface area (Å²) in [7, 11) is -9.99. The van der Waals surface area contributed by atoms with Gasteiger partial charge in [-0.05, 0) is 161 Å². The summed E-state index contributed by atoms with van der Waals surface area (Å²) in [6, 6.07) is 0. The van der Waals surface area contributed by atoms with E-state index >= 15 is 0 Å². The standard InChI is InChI=1S/C85H142O17P2/c1-5-9-13-17-21-25-29-33-36-38-39-41-44-47-50-54-58-62-66-70-83(88)96-76-81(102-85(90)72-68-64-60-56-52-48-42-35-31-27-23-19-15-11-7-3)78-100-104(93,94)98-74-79(86)73-97-103(91,92)99-77-80(101-84(89)71-67-63-59-55-51-45-32-28-24-20-16-12-8-4)75-95-82(87)69-65-61-57-53-49-46-43-40-37-34-30-26-22-18-14-10-6-2/h9-10,13-14,16,20-22,25-26,28,32-37,39,41-43,46-47,50,79-81,86H,5-8,11-12,15,17-19,23-24,27,29-31,38,40,44-45,48-49,51-78H2,1-4H3,(H,91,92)(H,93,94)/b13-9-,14-10-,20-16-,25-21-,26-22-,32-28-,36-33-,37-34-,41-39-,42-35-,46-43-,50-47-. The Labute approximate surface area is 630 Å².